The number of anilines is 1. The van der Waals surface area contributed by atoms with Crippen molar-refractivity contribution in [3.05, 3.63) is 54.1 Å². The maximum atomic E-state index is 12.7. The van der Waals surface area contributed by atoms with E-state index in [0.717, 1.165) is 0 Å². The summed E-state index contributed by atoms with van der Waals surface area (Å²) in [4.78, 5) is 22.2. The first kappa shape index (κ1) is 14.4. The number of amides is 1. The Kier molecular flexibility index (Phi) is 4.45. The Morgan fingerprint density at radius 3 is 2.71 bits per heavy atom. The summed E-state index contributed by atoms with van der Waals surface area (Å²) in [5.74, 6) is -1.76. The number of aromatic nitrogens is 2. The minimum absolute atomic E-state index is 0.276. The Bertz CT molecular complexity index is 677. The van der Waals surface area contributed by atoms with E-state index < -0.39 is 11.9 Å². The van der Waals surface area contributed by atoms with Gasteiger partial charge in [0, 0.05) is 12.3 Å². The van der Waals surface area contributed by atoms with Crippen molar-refractivity contribution < 1.29 is 19.1 Å². The first-order valence-corrected chi connectivity index (χ1v) is 6.02. The number of carbonyl (C=O) groups is 2. The fourth-order valence-corrected chi connectivity index (χ4v) is 1.58. The lowest BCUT2D eigenvalue weighted by Gasteiger charge is -1.97. The van der Waals surface area contributed by atoms with Gasteiger partial charge in [0.2, 0.25) is 5.91 Å². The molecule has 108 valence electrons. The molecule has 1 amide bonds. The van der Waals surface area contributed by atoms with E-state index in [1.165, 1.54) is 41.4 Å². The van der Waals surface area contributed by atoms with Gasteiger partial charge in [-0.1, -0.05) is 12.1 Å². The molecule has 0 fully saturated rings. The molecular formula is C14H12FN3O3. The number of hydrogen-bond donors (Lipinski definition) is 2. The van der Waals surface area contributed by atoms with Crippen molar-refractivity contribution >= 4 is 23.6 Å². The summed E-state index contributed by atoms with van der Waals surface area (Å²) in [6.07, 6.45) is 5.60. The number of carbonyl (C=O) groups excluding carboxylic acids is 1. The van der Waals surface area contributed by atoms with Crippen LogP contribution in [0.15, 0.2) is 42.7 Å². The van der Waals surface area contributed by atoms with Gasteiger partial charge in [0.05, 0.1) is 11.9 Å². The number of halogens is 1. The van der Waals surface area contributed by atoms with Gasteiger partial charge in [-0.15, -0.1) is 0 Å². The summed E-state index contributed by atoms with van der Waals surface area (Å²) in [6, 6.07) is 5.69. The summed E-state index contributed by atoms with van der Waals surface area (Å²) in [7, 11) is 0. The Labute approximate surface area is 119 Å². The predicted octanol–water partition coefficient (Wildman–Crippen LogP) is 1.76. The van der Waals surface area contributed by atoms with Crippen LogP contribution in [0.2, 0.25) is 0 Å². The molecule has 6 nitrogen and oxygen atoms in total. The van der Waals surface area contributed by atoms with E-state index in [1.54, 1.807) is 12.1 Å². The maximum absolute atomic E-state index is 12.7. The smallest absolute Gasteiger partial charge is 0.325 e. The highest BCUT2D eigenvalue weighted by molar-refractivity contribution is 6.01. The molecule has 0 unspecified atom stereocenters. The van der Waals surface area contributed by atoms with Gasteiger partial charge in [0.1, 0.15) is 12.4 Å². The van der Waals surface area contributed by atoms with Gasteiger partial charge in [-0.25, -0.2) is 4.39 Å². The minimum atomic E-state index is -1.02. The van der Waals surface area contributed by atoms with Crippen LogP contribution >= 0.6 is 0 Å². The van der Waals surface area contributed by atoms with Gasteiger partial charge in [-0.2, -0.15) is 5.10 Å². The average molecular weight is 289 g/mol. The van der Waals surface area contributed by atoms with E-state index >= 15 is 0 Å². The van der Waals surface area contributed by atoms with E-state index in [4.69, 9.17) is 5.11 Å². The number of carboxylic acids is 1. The molecule has 7 heteroatoms. The van der Waals surface area contributed by atoms with Crippen LogP contribution in [-0.2, 0) is 16.1 Å². The maximum Gasteiger partial charge on any atom is 0.325 e. The molecule has 0 bridgehead atoms. The Balaban J connectivity index is 1.93. The van der Waals surface area contributed by atoms with Crippen LogP contribution in [0.3, 0.4) is 0 Å². The van der Waals surface area contributed by atoms with Crippen LogP contribution in [0.4, 0.5) is 10.1 Å². The molecule has 0 spiro atoms. The molecule has 2 rings (SSSR count). The summed E-state index contributed by atoms with van der Waals surface area (Å²) < 4.78 is 13.9. The Morgan fingerprint density at radius 1 is 1.33 bits per heavy atom. The second kappa shape index (κ2) is 6.47. The van der Waals surface area contributed by atoms with Crippen molar-refractivity contribution in [3.63, 3.8) is 0 Å². The standard InChI is InChI=1S/C14H12FN3O3/c15-11-4-1-10(2-5-11)3-6-13(19)17-12-7-16-18(8-12)9-14(20)21/h1-8H,9H2,(H,17,19)(H,20,21)/b6-3+. The molecule has 21 heavy (non-hydrogen) atoms. The number of rotatable bonds is 5. The number of benzene rings is 1. The van der Waals surface area contributed by atoms with Crippen molar-refractivity contribution in [2.45, 2.75) is 6.54 Å². The van der Waals surface area contributed by atoms with Gasteiger partial charge in [0.15, 0.2) is 0 Å². The first-order valence-electron chi connectivity index (χ1n) is 6.02. The van der Waals surface area contributed by atoms with Crippen molar-refractivity contribution in [1.82, 2.24) is 9.78 Å². The fraction of sp³-hybridized carbons (Fsp3) is 0.0714. The monoisotopic (exact) mass is 289 g/mol. The quantitative estimate of drug-likeness (QED) is 0.821. The number of nitrogens with zero attached hydrogens (tertiary/aromatic N) is 2. The van der Waals surface area contributed by atoms with Crippen molar-refractivity contribution in [2.75, 3.05) is 5.32 Å². The summed E-state index contributed by atoms with van der Waals surface area (Å²) in [5.41, 5.74) is 1.08. The molecule has 2 aromatic rings. The van der Waals surface area contributed by atoms with E-state index in [1.807, 2.05) is 0 Å². The second-order valence-electron chi connectivity index (χ2n) is 4.19. The van der Waals surface area contributed by atoms with Crippen LogP contribution in [0, 0.1) is 5.82 Å². The molecule has 2 N–H and O–H groups in total. The molecule has 1 aromatic heterocycles. The number of hydrogen-bond acceptors (Lipinski definition) is 3. The Morgan fingerprint density at radius 2 is 2.05 bits per heavy atom. The molecule has 0 saturated heterocycles. The van der Waals surface area contributed by atoms with Crippen LogP contribution in [0.5, 0.6) is 0 Å². The van der Waals surface area contributed by atoms with Gasteiger partial charge in [-0.3, -0.25) is 14.3 Å². The molecular weight excluding hydrogens is 277 g/mol. The summed E-state index contributed by atoms with van der Waals surface area (Å²) in [5, 5.41) is 14.9. The van der Waals surface area contributed by atoms with Crippen LogP contribution in [-0.4, -0.2) is 26.8 Å². The second-order valence-corrected chi connectivity index (χ2v) is 4.19. The highest BCUT2D eigenvalue weighted by Gasteiger charge is 2.04. The lowest BCUT2D eigenvalue weighted by molar-refractivity contribution is -0.137. The van der Waals surface area contributed by atoms with Gasteiger partial charge >= 0.3 is 5.97 Å². The third-order valence-electron chi connectivity index (χ3n) is 2.50. The zero-order valence-electron chi connectivity index (χ0n) is 10.9. The van der Waals surface area contributed by atoms with Gasteiger partial charge < -0.3 is 10.4 Å². The average Bonchev–Trinajstić information content (AvgIpc) is 2.84. The topological polar surface area (TPSA) is 84.2 Å². The molecule has 0 aliphatic rings. The zero-order valence-corrected chi connectivity index (χ0v) is 10.9. The Hall–Kier alpha value is -2.96. The number of aliphatic carboxylic acids is 1. The molecule has 0 radical (unpaired) electrons. The zero-order chi connectivity index (χ0) is 15.2. The van der Waals surface area contributed by atoms with E-state index in [9.17, 15) is 14.0 Å². The highest BCUT2D eigenvalue weighted by Crippen LogP contribution is 2.07. The SMILES string of the molecule is O=C(O)Cn1cc(NC(=O)/C=C/c2ccc(F)cc2)cn1. The van der Waals surface area contributed by atoms with Gasteiger partial charge in [0.25, 0.3) is 0 Å². The van der Waals surface area contributed by atoms with E-state index in [2.05, 4.69) is 10.4 Å². The molecule has 0 saturated carbocycles. The first-order chi connectivity index (χ1) is 10.0. The van der Waals surface area contributed by atoms with Crippen LogP contribution < -0.4 is 5.32 Å². The van der Waals surface area contributed by atoms with Crippen molar-refractivity contribution in [3.8, 4) is 0 Å². The summed E-state index contributed by atoms with van der Waals surface area (Å²) >= 11 is 0. The molecule has 0 atom stereocenters. The van der Waals surface area contributed by atoms with Crippen molar-refractivity contribution in [2.24, 2.45) is 0 Å². The fourth-order valence-electron chi connectivity index (χ4n) is 1.58. The largest absolute Gasteiger partial charge is 0.480 e. The predicted molar refractivity (Wildman–Crippen MR) is 73.9 cm³/mol. The third-order valence-corrected chi connectivity index (χ3v) is 2.50. The van der Waals surface area contributed by atoms with E-state index in [0.29, 0.717) is 11.3 Å². The van der Waals surface area contributed by atoms with Crippen LogP contribution in [0.25, 0.3) is 6.08 Å². The molecule has 1 aromatic carbocycles. The number of carboxylic acid groups (broad SMARTS) is 1. The molecule has 0 aliphatic heterocycles. The minimum Gasteiger partial charge on any atom is -0.480 e. The normalized spacial score (nSPS) is 10.7. The molecule has 1 heterocycles. The van der Waals surface area contributed by atoms with Crippen molar-refractivity contribution in [1.29, 1.82) is 0 Å². The highest BCUT2D eigenvalue weighted by atomic mass is 19.1. The lowest BCUT2D eigenvalue weighted by atomic mass is 10.2. The lowest BCUT2D eigenvalue weighted by Crippen LogP contribution is -2.09. The molecule has 0 aliphatic carbocycles. The van der Waals surface area contributed by atoms with Gasteiger partial charge in [-0.05, 0) is 23.8 Å². The number of nitrogens with one attached hydrogen (secondary N) is 1. The third kappa shape index (κ3) is 4.57. The van der Waals surface area contributed by atoms with E-state index in [-0.39, 0.29) is 12.4 Å². The summed E-state index contributed by atoms with van der Waals surface area (Å²) in [6.45, 7) is -0.276. The van der Waals surface area contributed by atoms with Crippen LogP contribution in [0.1, 0.15) is 5.56 Å².